The van der Waals surface area contributed by atoms with Gasteiger partial charge in [0.25, 0.3) is 5.91 Å². The molecule has 112 valence electrons. The molecule has 0 radical (unpaired) electrons. The zero-order valence-corrected chi connectivity index (χ0v) is 11.8. The summed E-state index contributed by atoms with van der Waals surface area (Å²) in [7, 11) is 0. The summed E-state index contributed by atoms with van der Waals surface area (Å²) in [4.78, 5) is 20.0. The standard InChI is InChI=1S/C15H15N5O2/c21-14(16-7-9-20-8-3-6-19-20)10-22-15-12-4-1-2-5-13(12)17-11-18-15/h1-6,8,11H,7,9-10H2,(H,16,21). The predicted octanol–water partition coefficient (Wildman–Crippen LogP) is 1.02. The Morgan fingerprint density at radius 1 is 1.23 bits per heavy atom. The van der Waals surface area contributed by atoms with Crippen LogP contribution >= 0.6 is 0 Å². The van der Waals surface area contributed by atoms with Gasteiger partial charge in [0.2, 0.25) is 5.88 Å². The number of benzene rings is 1. The van der Waals surface area contributed by atoms with Gasteiger partial charge in [0.15, 0.2) is 6.61 Å². The largest absolute Gasteiger partial charge is 0.467 e. The molecule has 0 saturated carbocycles. The number of para-hydroxylation sites is 1. The quantitative estimate of drug-likeness (QED) is 0.734. The zero-order valence-electron chi connectivity index (χ0n) is 11.8. The average Bonchev–Trinajstić information content (AvgIpc) is 3.06. The number of carbonyl (C=O) groups is 1. The van der Waals surface area contributed by atoms with E-state index in [9.17, 15) is 4.79 Å². The summed E-state index contributed by atoms with van der Waals surface area (Å²) in [5, 5.41) is 7.62. The number of nitrogens with one attached hydrogen (secondary N) is 1. The average molecular weight is 297 g/mol. The monoisotopic (exact) mass is 297 g/mol. The molecule has 7 nitrogen and oxygen atoms in total. The Balaban J connectivity index is 1.52. The summed E-state index contributed by atoms with van der Waals surface area (Å²) < 4.78 is 7.23. The Bertz CT molecular complexity index is 752. The van der Waals surface area contributed by atoms with Gasteiger partial charge in [-0.2, -0.15) is 5.10 Å². The van der Waals surface area contributed by atoms with Gasteiger partial charge in [0.05, 0.1) is 17.4 Å². The molecule has 0 fully saturated rings. The van der Waals surface area contributed by atoms with Crippen molar-refractivity contribution < 1.29 is 9.53 Å². The number of amides is 1. The second kappa shape index (κ2) is 6.66. The lowest BCUT2D eigenvalue weighted by Crippen LogP contribution is -2.31. The van der Waals surface area contributed by atoms with Crippen LogP contribution in [0.4, 0.5) is 0 Å². The molecule has 7 heteroatoms. The molecular weight excluding hydrogens is 282 g/mol. The predicted molar refractivity (Wildman–Crippen MR) is 80.3 cm³/mol. The maximum atomic E-state index is 11.8. The molecule has 0 spiro atoms. The highest BCUT2D eigenvalue weighted by Crippen LogP contribution is 2.20. The van der Waals surface area contributed by atoms with Crippen molar-refractivity contribution in [3.05, 3.63) is 49.1 Å². The normalized spacial score (nSPS) is 10.5. The number of aromatic nitrogens is 4. The van der Waals surface area contributed by atoms with Crippen molar-refractivity contribution in [2.24, 2.45) is 0 Å². The molecule has 0 saturated heterocycles. The van der Waals surface area contributed by atoms with Gasteiger partial charge in [-0.3, -0.25) is 9.48 Å². The van der Waals surface area contributed by atoms with Gasteiger partial charge >= 0.3 is 0 Å². The van der Waals surface area contributed by atoms with Crippen molar-refractivity contribution in [1.29, 1.82) is 0 Å². The van der Waals surface area contributed by atoms with E-state index in [0.717, 1.165) is 10.9 Å². The maximum absolute atomic E-state index is 11.8. The Morgan fingerprint density at radius 2 is 2.14 bits per heavy atom. The van der Waals surface area contributed by atoms with Crippen LogP contribution in [0.15, 0.2) is 49.1 Å². The second-order valence-corrected chi connectivity index (χ2v) is 4.60. The first-order chi connectivity index (χ1) is 10.8. The van der Waals surface area contributed by atoms with Crippen LogP contribution in [-0.4, -0.2) is 38.8 Å². The van der Waals surface area contributed by atoms with Crippen LogP contribution in [-0.2, 0) is 11.3 Å². The van der Waals surface area contributed by atoms with Crippen LogP contribution in [0.25, 0.3) is 10.9 Å². The molecule has 1 amide bonds. The van der Waals surface area contributed by atoms with E-state index in [1.165, 1.54) is 6.33 Å². The van der Waals surface area contributed by atoms with Crippen LogP contribution in [0, 0.1) is 0 Å². The van der Waals surface area contributed by atoms with Crippen molar-refractivity contribution in [1.82, 2.24) is 25.1 Å². The summed E-state index contributed by atoms with van der Waals surface area (Å²) in [6.07, 6.45) is 4.97. The zero-order chi connectivity index (χ0) is 15.2. The molecule has 2 aromatic heterocycles. The fourth-order valence-corrected chi connectivity index (χ4v) is 2.02. The fourth-order valence-electron chi connectivity index (χ4n) is 2.02. The summed E-state index contributed by atoms with van der Waals surface area (Å²) >= 11 is 0. The second-order valence-electron chi connectivity index (χ2n) is 4.60. The summed E-state index contributed by atoms with van der Waals surface area (Å²) in [6, 6.07) is 9.34. The van der Waals surface area contributed by atoms with Crippen LogP contribution in [0.2, 0.25) is 0 Å². The van der Waals surface area contributed by atoms with Crippen molar-refractivity contribution >= 4 is 16.8 Å². The van der Waals surface area contributed by atoms with Crippen molar-refractivity contribution in [3.63, 3.8) is 0 Å². The van der Waals surface area contributed by atoms with E-state index in [-0.39, 0.29) is 12.5 Å². The lowest BCUT2D eigenvalue weighted by molar-refractivity contribution is -0.123. The third-order valence-electron chi connectivity index (χ3n) is 3.07. The number of hydrogen-bond acceptors (Lipinski definition) is 5. The molecule has 0 bridgehead atoms. The van der Waals surface area contributed by atoms with E-state index in [4.69, 9.17) is 4.74 Å². The molecule has 0 unspecified atom stereocenters. The van der Waals surface area contributed by atoms with E-state index < -0.39 is 0 Å². The van der Waals surface area contributed by atoms with Crippen molar-refractivity contribution in [3.8, 4) is 5.88 Å². The van der Waals surface area contributed by atoms with Gasteiger partial charge in [-0.15, -0.1) is 0 Å². The molecule has 1 aromatic carbocycles. The lowest BCUT2D eigenvalue weighted by atomic mass is 10.2. The molecule has 3 aromatic rings. The maximum Gasteiger partial charge on any atom is 0.258 e. The first-order valence-corrected chi connectivity index (χ1v) is 6.89. The minimum atomic E-state index is -0.199. The minimum Gasteiger partial charge on any atom is -0.467 e. The van der Waals surface area contributed by atoms with E-state index in [2.05, 4.69) is 20.4 Å². The van der Waals surface area contributed by atoms with Gasteiger partial charge in [0.1, 0.15) is 6.33 Å². The topological polar surface area (TPSA) is 81.9 Å². The highest BCUT2D eigenvalue weighted by molar-refractivity contribution is 5.83. The smallest absolute Gasteiger partial charge is 0.258 e. The highest BCUT2D eigenvalue weighted by atomic mass is 16.5. The minimum absolute atomic E-state index is 0.0832. The van der Waals surface area contributed by atoms with Crippen LogP contribution in [0.1, 0.15) is 0 Å². The number of ether oxygens (including phenoxy) is 1. The molecule has 2 heterocycles. The number of nitrogens with zero attached hydrogens (tertiary/aromatic N) is 4. The number of fused-ring (bicyclic) bond motifs is 1. The van der Waals surface area contributed by atoms with E-state index in [1.807, 2.05) is 36.5 Å². The van der Waals surface area contributed by atoms with Crippen molar-refractivity contribution in [2.45, 2.75) is 6.54 Å². The molecule has 0 aliphatic heterocycles. The molecule has 1 N–H and O–H groups in total. The van der Waals surface area contributed by atoms with Gasteiger partial charge in [0, 0.05) is 18.9 Å². The van der Waals surface area contributed by atoms with Crippen LogP contribution in [0.3, 0.4) is 0 Å². The first kappa shape index (κ1) is 14.0. The molecule has 0 atom stereocenters. The molecule has 3 rings (SSSR count). The number of hydrogen-bond donors (Lipinski definition) is 1. The highest BCUT2D eigenvalue weighted by Gasteiger charge is 2.07. The summed E-state index contributed by atoms with van der Waals surface area (Å²) in [6.45, 7) is 1.03. The third kappa shape index (κ3) is 3.38. The lowest BCUT2D eigenvalue weighted by Gasteiger charge is -2.08. The molecular formula is C15H15N5O2. The fraction of sp³-hybridized carbons (Fsp3) is 0.200. The summed E-state index contributed by atoms with van der Waals surface area (Å²) in [5.41, 5.74) is 0.784. The van der Waals surface area contributed by atoms with Gasteiger partial charge in [-0.1, -0.05) is 12.1 Å². The Hall–Kier alpha value is -2.96. The number of carbonyl (C=O) groups excluding carboxylic acids is 1. The Labute approximate surface area is 127 Å². The summed E-state index contributed by atoms with van der Waals surface area (Å²) in [5.74, 6) is 0.211. The van der Waals surface area contributed by atoms with Crippen LogP contribution < -0.4 is 10.1 Å². The van der Waals surface area contributed by atoms with E-state index in [1.54, 1.807) is 10.9 Å². The SMILES string of the molecule is O=C(COc1ncnc2ccccc12)NCCn1cccn1. The van der Waals surface area contributed by atoms with Gasteiger partial charge in [-0.25, -0.2) is 9.97 Å². The Morgan fingerprint density at radius 3 is 3.00 bits per heavy atom. The number of rotatable bonds is 6. The van der Waals surface area contributed by atoms with Gasteiger partial charge < -0.3 is 10.1 Å². The third-order valence-corrected chi connectivity index (χ3v) is 3.07. The first-order valence-electron chi connectivity index (χ1n) is 6.89. The molecule has 0 aliphatic carbocycles. The van der Waals surface area contributed by atoms with Crippen molar-refractivity contribution in [2.75, 3.05) is 13.2 Å². The molecule has 22 heavy (non-hydrogen) atoms. The van der Waals surface area contributed by atoms with E-state index >= 15 is 0 Å². The van der Waals surface area contributed by atoms with Gasteiger partial charge in [-0.05, 0) is 18.2 Å². The Kier molecular flexibility index (Phi) is 4.24. The van der Waals surface area contributed by atoms with E-state index in [0.29, 0.717) is 19.0 Å². The van der Waals surface area contributed by atoms with Crippen LogP contribution in [0.5, 0.6) is 5.88 Å². The molecule has 0 aliphatic rings.